The molecular formula is C32H40N2O6. The van der Waals surface area contributed by atoms with Crippen LogP contribution in [0.2, 0.25) is 0 Å². The van der Waals surface area contributed by atoms with Crippen LogP contribution in [0.4, 0.5) is 4.79 Å². The highest BCUT2D eigenvalue weighted by atomic mass is 16.6. The number of carbonyl (C=O) groups is 2. The average Bonchev–Trinajstić information content (AvgIpc) is 2.86. The largest absolute Gasteiger partial charge is 0.497 e. The molecule has 3 rings (SSSR count). The van der Waals surface area contributed by atoms with Crippen LogP contribution in [0.3, 0.4) is 0 Å². The molecule has 1 aromatic heterocycles. The predicted octanol–water partition coefficient (Wildman–Crippen LogP) is 6.87. The number of hydrogen-bond donors (Lipinski definition) is 2. The van der Waals surface area contributed by atoms with Gasteiger partial charge in [-0.15, -0.1) is 0 Å². The molecule has 8 nitrogen and oxygen atoms in total. The number of hydrogen-bond acceptors (Lipinski definition) is 6. The first-order chi connectivity index (χ1) is 18.8. The first-order valence-electron chi connectivity index (χ1n) is 13.4. The van der Waals surface area contributed by atoms with Crippen molar-refractivity contribution in [3.05, 3.63) is 76.1 Å². The van der Waals surface area contributed by atoms with E-state index in [2.05, 4.69) is 19.2 Å². The van der Waals surface area contributed by atoms with E-state index in [4.69, 9.17) is 19.2 Å². The van der Waals surface area contributed by atoms with E-state index in [9.17, 15) is 14.7 Å². The Hall–Kier alpha value is -4.07. The summed E-state index contributed by atoms with van der Waals surface area (Å²) in [6, 6.07) is 12.8. The van der Waals surface area contributed by atoms with Crippen molar-refractivity contribution < 1.29 is 28.9 Å². The van der Waals surface area contributed by atoms with Crippen LogP contribution in [0.1, 0.15) is 73.1 Å². The Morgan fingerprint density at radius 2 is 1.70 bits per heavy atom. The van der Waals surface area contributed by atoms with Crippen LogP contribution in [0.25, 0.3) is 11.1 Å². The second-order valence-corrected chi connectivity index (χ2v) is 11.3. The third kappa shape index (κ3) is 7.97. The zero-order valence-corrected chi connectivity index (χ0v) is 24.7. The zero-order chi connectivity index (χ0) is 29.6. The van der Waals surface area contributed by atoms with Crippen molar-refractivity contribution in [2.24, 2.45) is 5.92 Å². The number of methoxy groups -OCH3 is 1. The fraction of sp³-hybridized carbons (Fsp3) is 0.406. The number of rotatable bonds is 10. The molecule has 0 bridgehead atoms. The summed E-state index contributed by atoms with van der Waals surface area (Å²) in [7, 11) is 1.51. The zero-order valence-electron chi connectivity index (χ0n) is 24.7. The fourth-order valence-corrected chi connectivity index (χ4v) is 4.39. The van der Waals surface area contributed by atoms with Gasteiger partial charge in [0.2, 0.25) is 0 Å². The lowest BCUT2D eigenvalue weighted by Gasteiger charge is -2.24. The summed E-state index contributed by atoms with van der Waals surface area (Å²) in [6.45, 7) is 13.9. The molecule has 1 amide bonds. The molecule has 0 unspecified atom stereocenters. The molecule has 0 fully saturated rings. The summed E-state index contributed by atoms with van der Waals surface area (Å²) < 4.78 is 16.9. The van der Waals surface area contributed by atoms with E-state index in [1.165, 1.54) is 13.2 Å². The molecule has 1 heterocycles. The Balaban J connectivity index is 2.15. The molecule has 8 heteroatoms. The van der Waals surface area contributed by atoms with Gasteiger partial charge in [0.15, 0.2) is 0 Å². The van der Waals surface area contributed by atoms with E-state index >= 15 is 0 Å². The number of nitrogens with zero attached hydrogens (tertiary/aromatic N) is 1. The minimum absolute atomic E-state index is 0.0338. The minimum Gasteiger partial charge on any atom is -0.497 e. The summed E-state index contributed by atoms with van der Waals surface area (Å²) in [6.07, 6.45) is 0.198. The monoisotopic (exact) mass is 548 g/mol. The number of alkyl carbamates (subject to hydrolysis) is 1. The van der Waals surface area contributed by atoms with E-state index in [0.717, 1.165) is 39.2 Å². The van der Waals surface area contributed by atoms with Crippen molar-refractivity contribution in [3.63, 3.8) is 0 Å². The molecule has 2 N–H and O–H groups in total. The van der Waals surface area contributed by atoms with Gasteiger partial charge >= 0.3 is 12.1 Å². The number of amides is 1. The van der Waals surface area contributed by atoms with Gasteiger partial charge in [-0.05, 0) is 70.2 Å². The average molecular weight is 549 g/mol. The number of aromatic carboxylic acids is 1. The van der Waals surface area contributed by atoms with Gasteiger partial charge in [-0.1, -0.05) is 43.7 Å². The predicted molar refractivity (Wildman–Crippen MR) is 155 cm³/mol. The first kappa shape index (κ1) is 30.5. The number of carbonyl (C=O) groups excluding carboxylic acids is 1. The number of benzene rings is 2. The van der Waals surface area contributed by atoms with Gasteiger partial charge in [0.1, 0.15) is 29.3 Å². The molecule has 2 aromatic carbocycles. The van der Waals surface area contributed by atoms with Gasteiger partial charge in [0.05, 0.1) is 7.11 Å². The van der Waals surface area contributed by atoms with Crippen molar-refractivity contribution in [1.29, 1.82) is 0 Å². The smallest absolute Gasteiger partial charge is 0.407 e. The van der Waals surface area contributed by atoms with Gasteiger partial charge in [-0.3, -0.25) is 4.98 Å². The molecule has 0 aliphatic carbocycles. The van der Waals surface area contributed by atoms with Gasteiger partial charge in [0.25, 0.3) is 0 Å². The number of carboxylic acids is 1. The minimum atomic E-state index is -1.10. The maximum Gasteiger partial charge on any atom is 0.407 e. The van der Waals surface area contributed by atoms with Crippen LogP contribution in [-0.2, 0) is 24.3 Å². The van der Waals surface area contributed by atoms with Crippen LogP contribution in [0.15, 0.2) is 42.5 Å². The number of ether oxygens (including phenoxy) is 3. The number of aromatic nitrogens is 1. The van der Waals surface area contributed by atoms with Crippen LogP contribution in [0.5, 0.6) is 11.5 Å². The Labute approximate surface area is 236 Å². The Kier molecular flexibility index (Phi) is 9.79. The number of pyridine rings is 1. The second kappa shape index (κ2) is 12.9. The van der Waals surface area contributed by atoms with E-state index in [0.29, 0.717) is 18.1 Å². The molecular weight excluding hydrogens is 508 g/mol. The summed E-state index contributed by atoms with van der Waals surface area (Å²) in [5.41, 5.74) is 5.70. The summed E-state index contributed by atoms with van der Waals surface area (Å²) in [5, 5.41) is 12.6. The molecule has 0 saturated carbocycles. The second-order valence-electron chi connectivity index (χ2n) is 11.3. The van der Waals surface area contributed by atoms with Crippen LogP contribution >= 0.6 is 0 Å². The molecule has 0 aliphatic heterocycles. The SMILES string of the molecule is COc1ccc(C(=O)O)c(OCc2c(C)nc(CC(C)C)c(CNC(=O)OC(C)(C)C)c2-c2ccc(C)cc2)c1. The third-order valence-corrected chi connectivity index (χ3v) is 6.23. The van der Waals surface area contributed by atoms with Gasteiger partial charge in [-0.25, -0.2) is 9.59 Å². The molecule has 0 atom stereocenters. The van der Waals surface area contributed by atoms with E-state index < -0.39 is 17.7 Å². The lowest BCUT2D eigenvalue weighted by molar-refractivity contribution is 0.0523. The Bertz CT molecular complexity index is 1360. The van der Waals surface area contributed by atoms with Crippen LogP contribution in [-0.4, -0.2) is 34.9 Å². The highest BCUT2D eigenvalue weighted by Gasteiger charge is 2.23. The van der Waals surface area contributed by atoms with Crippen molar-refractivity contribution in [2.75, 3.05) is 7.11 Å². The highest BCUT2D eigenvalue weighted by Crippen LogP contribution is 2.34. The normalized spacial score (nSPS) is 11.3. The Morgan fingerprint density at radius 3 is 2.27 bits per heavy atom. The van der Waals surface area contributed by atoms with E-state index in [1.54, 1.807) is 12.1 Å². The number of carboxylic acid groups (broad SMARTS) is 1. The van der Waals surface area contributed by atoms with Crippen LogP contribution in [0, 0.1) is 19.8 Å². The van der Waals surface area contributed by atoms with Gasteiger partial charge in [-0.2, -0.15) is 0 Å². The van der Waals surface area contributed by atoms with Crippen molar-refractivity contribution in [3.8, 4) is 22.6 Å². The highest BCUT2D eigenvalue weighted by molar-refractivity contribution is 5.91. The maximum atomic E-state index is 12.6. The molecule has 0 spiro atoms. The molecule has 40 heavy (non-hydrogen) atoms. The van der Waals surface area contributed by atoms with Crippen LogP contribution < -0.4 is 14.8 Å². The number of aryl methyl sites for hydroxylation is 2. The molecule has 0 saturated heterocycles. The standard InChI is InChI=1S/C32H40N2O6/c1-19(2)15-27-25(17-33-31(37)40-32(5,6)7)29(22-11-9-20(3)10-12-22)26(21(4)34-27)18-39-28-16-23(38-8)13-14-24(28)30(35)36/h9-14,16,19H,15,17-18H2,1-8H3,(H,33,37)(H,35,36). The summed E-state index contributed by atoms with van der Waals surface area (Å²) >= 11 is 0. The Morgan fingerprint density at radius 1 is 1.02 bits per heavy atom. The lowest BCUT2D eigenvalue weighted by atomic mass is 9.90. The molecule has 0 radical (unpaired) electrons. The fourth-order valence-electron chi connectivity index (χ4n) is 4.39. The van der Waals surface area contributed by atoms with Crippen molar-refractivity contribution >= 4 is 12.1 Å². The number of nitrogens with one attached hydrogen (secondary N) is 1. The quantitative estimate of drug-likeness (QED) is 0.285. The maximum absolute atomic E-state index is 12.6. The van der Waals surface area contributed by atoms with E-state index in [-0.39, 0.29) is 24.5 Å². The lowest BCUT2D eigenvalue weighted by Crippen LogP contribution is -2.32. The van der Waals surface area contributed by atoms with Crippen molar-refractivity contribution in [2.45, 2.75) is 73.6 Å². The molecule has 214 valence electrons. The third-order valence-electron chi connectivity index (χ3n) is 6.23. The molecule has 0 aliphatic rings. The summed E-state index contributed by atoms with van der Waals surface area (Å²) in [4.78, 5) is 29.5. The molecule has 3 aromatic rings. The first-order valence-corrected chi connectivity index (χ1v) is 13.4. The topological polar surface area (TPSA) is 107 Å². The van der Waals surface area contributed by atoms with Gasteiger partial charge in [0, 0.05) is 35.1 Å². The van der Waals surface area contributed by atoms with Crippen molar-refractivity contribution in [1.82, 2.24) is 10.3 Å². The van der Waals surface area contributed by atoms with Gasteiger partial charge < -0.3 is 24.6 Å². The van der Waals surface area contributed by atoms with E-state index in [1.807, 2.05) is 58.9 Å². The summed E-state index contributed by atoms with van der Waals surface area (Å²) in [5.74, 6) is -0.0835.